The minimum Gasteiger partial charge on any atom is -0.493 e. The highest BCUT2D eigenvalue weighted by molar-refractivity contribution is 5.86. The predicted molar refractivity (Wildman–Crippen MR) is 107 cm³/mol. The Balaban J connectivity index is 1.92. The van der Waals surface area contributed by atoms with Crippen LogP contribution in [0.3, 0.4) is 0 Å². The number of carbonyl (C=O) groups is 1. The molecule has 1 aromatic carbocycles. The number of methoxy groups -OCH3 is 2. The van der Waals surface area contributed by atoms with Crippen LogP contribution in [0.1, 0.15) is 44.9 Å². The highest BCUT2D eigenvalue weighted by atomic mass is 16.5. The van der Waals surface area contributed by atoms with Gasteiger partial charge < -0.3 is 25.1 Å². The maximum absolute atomic E-state index is 13.0. The van der Waals surface area contributed by atoms with Crippen molar-refractivity contribution in [3.8, 4) is 11.5 Å². The Bertz CT molecular complexity index is 918. The molecule has 0 saturated heterocycles. The Morgan fingerprint density at radius 3 is 2.46 bits per heavy atom. The van der Waals surface area contributed by atoms with Gasteiger partial charge in [-0.3, -0.25) is 9.59 Å². The molecule has 0 radical (unpaired) electrons. The molecule has 0 aliphatic heterocycles. The molecule has 8 nitrogen and oxygen atoms in total. The highest BCUT2D eigenvalue weighted by Crippen LogP contribution is 2.30. The third-order valence-corrected chi connectivity index (χ3v) is 5.44. The first-order valence-electron chi connectivity index (χ1n) is 9.65. The van der Waals surface area contributed by atoms with Crippen LogP contribution in [0.25, 0.3) is 10.9 Å². The van der Waals surface area contributed by atoms with Crippen LogP contribution in [0.4, 0.5) is 0 Å². The second kappa shape index (κ2) is 8.18. The van der Waals surface area contributed by atoms with E-state index in [1.807, 2.05) is 6.92 Å². The number of aromatic nitrogens is 2. The summed E-state index contributed by atoms with van der Waals surface area (Å²) in [5, 5.41) is 0.401. The van der Waals surface area contributed by atoms with Crippen LogP contribution in [0.2, 0.25) is 0 Å². The summed E-state index contributed by atoms with van der Waals surface area (Å²) >= 11 is 0. The Hall–Kier alpha value is -2.61. The zero-order valence-corrected chi connectivity index (χ0v) is 16.7. The molecule has 1 fully saturated rings. The second-order valence-electron chi connectivity index (χ2n) is 7.27. The molecule has 28 heavy (non-hydrogen) atoms. The first kappa shape index (κ1) is 20.1. The van der Waals surface area contributed by atoms with Gasteiger partial charge in [0.25, 0.3) is 5.56 Å². The van der Waals surface area contributed by atoms with Crippen molar-refractivity contribution < 1.29 is 14.3 Å². The van der Waals surface area contributed by atoms with Crippen LogP contribution >= 0.6 is 0 Å². The zero-order chi connectivity index (χ0) is 20.3. The molecule has 0 unspecified atom stereocenters. The van der Waals surface area contributed by atoms with Gasteiger partial charge in [-0.1, -0.05) is 19.3 Å². The molecular formula is C20H28N4O4. The number of likely N-dealkylation sites (N-methyl/N-ethyl adjacent to an activating group) is 1. The molecule has 3 rings (SSSR count). The van der Waals surface area contributed by atoms with Gasteiger partial charge in [0.1, 0.15) is 5.82 Å². The van der Waals surface area contributed by atoms with Crippen molar-refractivity contribution in [1.82, 2.24) is 14.9 Å². The fraction of sp³-hybridized carbons (Fsp3) is 0.550. The topological polar surface area (TPSA) is 111 Å². The van der Waals surface area contributed by atoms with Crippen molar-refractivity contribution >= 4 is 16.8 Å². The normalized spacial score (nSPS) is 16.0. The number of nitrogens with one attached hydrogen (secondary N) is 1. The third-order valence-electron chi connectivity index (χ3n) is 5.44. The summed E-state index contributed by atoms with van der Waals surface area (Å²) in [7, 11) is 3.04. The Kier molecular flexibility index (Phi) is 5.88. The number of carbonyl (C=O) groups excluding carboxylic acids is 1. The van der Waals surface area contributed by atoms with Gasteiger partial charge in [0.2, 0.25) is 5.91 Å². The van der Waals surface area contributed by atoms with E-state index >= 15 is 0 Å². The maximum Gasteiger partial charge on any atom is 0.258 e. The number of nitrogens with two attached hydrogens (primary N) is 1. The van der Waals surface area contributed by atoms with Gasteiger partial charge in [-0.15, -0.1) is 0 Å². The van der Waals surface area contributed by atoms with Crippen molar-refractivity contribution in [3.63, 3.8) is 0 Å². The molecule has 0 bridgehead atoms. The fourth-order valence-corrected chi connectivity index (χ4v) is 3.81. The van der Waals surface area contributed by atoms with E-state index in [4.69, 9.17) is 15.2 Å². The number of rotatable bonds is 6. The lowest BCUT2D eigenvalue weighted by molar-refractivity contribution is -0.138. The Morgan fingerprint density at radius 2 is 1.86 bits per heavy atom. The second-order valence-corrected chi connectivity index (χ2v) is 7.27. The molecule has 0 spiro atoms. The van der Waals surface area contributed by atoms with E-state index in [0.717, 1.165) is 19.3 Å². The summed E-state index contributed by atoms with van der Waals surface area (Å²) in [6.07, 6.45) is 4.43. The average Bonchev–Trinajstić information content (AvgIpc) is 2.71. The van der Waals surface area contributed by atoms with Gasteiger partial charge >= 0.3 is 0 Å². The number of amides is 1. The number of ether oxygens (including phenoxy) is 2. The van der Waals surface area contributed by atoms with Crippen LogP contribution in [0.5, 0.6) is 11.5 Å². The smallest absolute Gasteiger partial charge is 0.258 e. The lowest BCUT2D eigenvalue weighted by Crippen LogP contribution is -2.56. The summed E-state index contributed by atoms with van der Waals surface area (Å²) in [5.41, 5.74) is 5.79. The molecule has 1 aliphatic carbocycles. The number of hydrogen-bond donors (Lipinski definition) is 2. The molecule has 1 aromatic heterocycles. The monoisotopic (exact) mass is 388 g/mol. The summed E-state index contributed by atoms with van der Waals surface area (Å²) in [6.45, 7) is 2.59. The van der Waals surface area contributed by atoms with Crippen molar-refractivity contribution in [1.29, 1.82) is 0 Å². The number of H-pyrrole nitrogens is 1. The van der Waals surface area contributed by atoms with Gasteiger partial charge in [0.15, 0.2) is 11.5 Å². The average molecular weight is 388 g/mol. The molecule has 8 heteroatoms. The summed E-state index contributed by atoms with van der Waals surface area (Å²) in [5.74, 6) is 1.29. The summed E-state index contributed by atoms with van der Waals surface area (Å²) in [6, 6.07) is 3.26. The SMILES string of the molecule is CCN(Cc1nc2cc(OC)c(OC)cc2c(=O)[nH]1)C(=O)C1(N)CCCCC1. The molecule has 1 heterocycles. The standard InChI is InChI=1S/C20H28N4O4/c1-4-24(19(26)20(21)8-6-5-7-9-20)12-17-22-14-11-16(28-3)15(27-2)10-13(14)18(25)23-17/h10-11H,4-9,12,21H2,1-3H3,(H,22,23,25). The minimum atomic E-state index is -0.817. The predicted octanol–water partition coefficient (Wildman–Crippen LogP) is 1.95. The highest BCUT2D eigenvalue weighted by Gasteiger charge is 2.38. The number of aromatic amines is 1. The van der Waals surface area contributed by atoms with Crippen LogP contribution in [0.15, 0.2) is 16.9 Å². The molecule has 1 aliphatic rings. The van der Waals surface area contributed by atoms with E-state index in [9.17, 15) is 9.59 Å². The number of nitrogens with zero attached hydrogens (tertiary/aromatic N) is 2. The van der Waals surface area contributed by atoms with E-state index in [2.05, 4.69) is 9.97 Å². The quantitative estimate of drug-likeness (QED) is 0.783. The van der Waals surface area contributed by atoms with Gasteiger partial charge in [-0.2, -0.15) is 0 Å². The van der Waals surface area contributed by atoms with Gasteiger partial charge in [0.05, 0.1) is 37.2 Å². The van der Waals surface area contributed by atoms with E-state index in [1.54, 1.807) is 17.0 Å². The number of hydrogen-bond acceptors (Lipinski definition) is 6. The van der Waals surface area contributed by atoms with E-state index in [1.165, 1.54) is 14.2 Å². The first-order chi connectivity index (χ1) is 13.4. The molecule has 152 valence electrons. The number of fused-ring (bicyclic) bond motifs is 1. The van der Waals surface area contributed by atoms with Gasteiger partial charge in [-0.05, 0) is 25.8 Å². The largest absolute Gasteiger partial charge is 0.493 e. The van der Waals surface area contributed by atoms with Crippen LogP contribution in [-0.4, -0.2) is 47.1 Å². The van der Waals surface area contributed by atoms with Crippen molar-refractivity contribution in [2.24, 2.45) is 5.73 Å². The van der Waals surface area contributed by atoms with Crippen molar-refractivity contribution in [2.75, 3.05) is 20.8 Å². The fourth-order valence-electron chi connectivity index (χ4n) is 3.81. The summed E-state index contributed by atoms with van der Waals surface area (Å²) < 4.78 is 10.5. The van der Waals surface area contributed by atoms with Gasteiger partial charge in [-0.25, -0.2) is 4.98 Å². The van der Waals surface area contributed by atoms with Crippen LogP contribution in [0, 0.1) is 0 Å². The lowest BCUT2D eigenvalue weighted by atomic mass is 9.81. The van der Waals surface area contributed by atoms with Crippen molar-refractivity contribution in [3.05, 3.63) is 28.3 Å². The van der Waals surface area contributed by atoms with Crippen LogP contribution < -0.4 is 20.8 Å². The molecule has 3 N–H and O–H groups in total. The third kappa shape index (κ3) is 3.82. The molecule has 1 amide bonds. The molecular weight excluding hydrogens is 360 g/mol. The lowest BCUT2D eigenvalue weighted by Gasteiger charge is -2.36. The molecule has 2 aromatic rings. The van der Waals surface area contributed by atoms with E-state index in [0.29, 0.717) is 47.6 Å². The van der Waals surface area contributed by atoms with E-state index in [-0.39, 0.29) is 18.0 Å². The van der Waals surface area contributed by atoms with Gasteiger partial charge in [0, 0.05) is 12.6 Å². The maximum atomic E-state index is 13.0. The Labute approximate surface area is 164 Å². The first-order valence-corrected chi connectivity index (χ1v) is 9.65. The zero-order valence-electron chi connectivity index (χ0n) is 16.7. The summed E-state index contributed by atoms with van der Waals surface area (Å²) in [4.78, 5) is 34.6. The minimum absolute atomic E-state index is 0.0789. The van der Waals surface area contributed by atoms with Crippen molar-refractivity contribution in [2.45, 2.75) is 51.1 Å². The molecule has 1 saturated carbocycles. The number of benzene rings is 1. The molecule has 0 atom stereocenters. The van der Waals surface area contributed by atoms with Crippen LogP contribution in [-0.2, 0) is 11.3 Å². The van der Waals surface area contributed by atoms with E-state index < -0.39 is 5.54 Å². The Morgan fingerprint density at radius 1 is 1.21 bits per heavy atom.